The summed E-state index contributed by atoms with van der Waals surface area (Å²) in [4.78, 5) is 39.0. The van der Waals surface area contributed by atoms with Gasteiger partial charge in [0, 0.05) is 29.2 Å². The largest absolute Gasteiger partial charge is 0.486 e. The maximum atomic E-state index is 12.8. The van der Waals surface area contributed by atoms with Crippen molar-refractivity contribution in [2.24, 2.45) is 5.92 Å². The highest BCUT2D eigenvalue weighted by Crippen LogP contribution is 2.36. The summed E-state index contributed by atoms with van der Waals surface area (Å²) in [6, 6.07) is 10.2. The van der Waals surface area contributed by atoms with Crippen molar-refractivity contribution in [3.8, 4) is 11.5 Å². The Morgan fingerprint density at radius 1 is 1.13 bits per heavy atom. The number of hydrogen-bond donors (Lipinski definition) is 1. The van der Waals surface area contributed by atoms with E-state index in [1.54, 1.807) is 41.3 Å². The number of halogens is 1. The van der Waals surface area contributed by atoms with E-state index in [0.717, 1.165) is 0 Å². The first-order valence-corrected chi connectivity index (χ1v) is 10.1. The summed E-state index contributed by atoms with van der Waals surface area (Å²) in [5, 5.41) is 2.75. The number of ether oxygens (including phenoxy) is 3. The van der Waals surface area contributed by atoms with Gasteiger partial charge in [-0.25, -0.2) is 4.79 Å². The molecule has 156 valence electrons. The average Bonchev–Trinajstić information content (AvgIpc) is 3.15. The van der Waals surface area contributed by atoms with Crippen LogP contribution < -0.4 is 19.7 Å². The molecule has 1 fully saturated rings. The smallest absolute Gasteiger partial charge is 0.340 e. The van der Waals surface area contributed by atoms with Crippen LogP contribution >= 0.6 is 15.9 Å². The van der Waals surface area contributed by atoms with E-state index < -0.39 is 11.9 Å². The molecule has 8 nitrogen and oxygen atoms in total. The highest BCUT2D eigenvalue weighted by Gasteiger charge is 2.36. The Labute approximate surface area is 181 Å². The molecule has 0 radical (unpaired) electrons. The fourth-order valence-electron chi connectivity index (χ4n) is 3.47. The number of benzene rings is 2. The summed E-state index contributed by atoms with van der Waals surface area (Å²) >= 11 is 3.30. The maximum Gasteiger partial charge on any atom is 0.340 e. The molecule has 0 saturated carbocycles. The normalized spacial score (nSPS) is 17.6. The third-order valence-corrected chi connectivity index (χ3v) is 5.47. The number of nitrogens with one attached hydrogen (secondary N) is 1. The minimum absolute atomic E-state index is 0.0738. The number of rotatable bonds is 4. The van der Waals surface area contributed by atoms with E-state index in [-0.39, 0.29) is 30.3 Å². The van der Waals surface area contributed by atoms with Crippen LogP contribution in [0.4, 0.5) is 11.4 Å². The molecule has 0 unspecified atom stereocenters. The fraction of sp³-hybridized carbons (Fsp3) is 0.286. The number of amides is 2. The summed E-state index contributed by atoms with van der Waals surface area (Å²) in [6.07, 6.45) is 0.0738. The quantitative estimate of drug-likeness (QED) is 0.684. The molecular formula is C21H19BrN2O6. The first-order chi connectivity index (χ1) is 14.5. The number of hydrogen-bond acceptors (Lipinski definition) is 6. The first kappa shape index (κ1) is 20.2. The predicted molar refractivity (Wildman–Crippen MR) is 112 cm³/mol. The van der Waals surface area contributed by atoms with E-state index in [1.807, 2.05) is 0 Å². The molecule has 30 heavy (non-hydrogen) atoms. The maximum absolute atomic E-state index is 12.8. The van der Waals surface area contributed by atoms with Crippen molar-refractivity contribution in [3.63, 3.8) is 0 Å². The number of carbonyl (C=O) groups is 3. The molecule has 1 N–H and O–H groups in total. The van der Waals surface area contributed by atoms with Gasteiger partial charge >= 0.3 is 5.97 Å². The van der Waals surface area contributed by atoms with Crippen molar-refractivity contribution in [2.45, 2.75) is 6.42 Å². The van der Waals surface area contributed by atoms with Crippen LogP contribution in [-0.4, -0.2) is 44.7 Å². The lowest BCUT2D eigenvalue weighted by Crippen LogP contribution is -2.28. The van der Waals surface area contributed by atoms with Gasteiger partial charge in [-0.3, -0.25) is 9.59 Å². The molecule has 2 aliphatic rings. The van der Waals surface area contributed by atoms with Gasteiger partial charge < -0.3 is 24.4 Å². The monoisotopic (exact) mass is 474 g/mol. The summed E-state index contributed by atoms with van der Waals surface area (Å²) in [5.74, 6) is -0.396. The molecule has 2 aromatic carbocycles. The molecule has 2 aliphatic heterocycles. The molecular weight excluding hydrogens is 456 g/mol. The van der Waals surface area contributed by atoms with E-state index in [9.17, 15) is 14.4 Å². The molecule has 0 bridgehead atoms. The summed E-state index contributed by atoms with van der Waals surface area (Å²) in [5.41, 5.74) is 1.21. The number of carbonyl (C=O) groups excluding carboxylic acids is 3. The van der Waals surface area contributed by atoms with Crippen molar-refractivity contribution in [2.75, 3.05) is 37.1 Å². The van der Waals surface area contributed by atoms with Crippen molar-refractivity contribution >= 4 is 45.1 Å². The zero-order chi connectivity index (χ0) is 21.3. The molecule has 2 aromatic rings. The van der Waals surface area contributed by atoms with Crippen molar-refractivity contribution in [1.29, 1.82) is 0 Å². The molecule has 9 heteroatoms. The number of methoxy groups -OCH3 is 1. The Balaban J connectivity index is 1.49. The van der Waals surface area contributed by atoms with Crippen molar-refractivity contribution in [3.05, 3.63) is 46.4 Å². The predicted octanol–water partition coefficient (Wildman–Crippen LogP) is 3.00. The molecule has 0 spiro atoms. The van der Waals surface area contributed by atoms with Gasteiger partial charge in [0.1, 0.15) is 13.2 Å². The topological polar surface area (TPSA) is 94.2 Å². The third kappa shape index (κ3) is 3.97. The van der Waals surface area contributed by atoms with Gasteiger partial charge in [0.15, 0.2) is 11.5 Å². The van der Waals surface area contributed by atoms with Crippen LogP contribution in [0.5, 0.6) is 11.5 Å². The molecule has 1 saturated heterocycles. The number of esters is 1. The minimum Gasteiger partial charge on any atom is -0.486 e. The minimum atomic E-state index is -0.563. The number of nitrogens with zero attached hydrogens (tertiary/aromatic N) is 1. The SMILES string of the molecule is COC(=O)c1cc(Br)ccc1NC(=O)[C@@H]1CC(=O)N(c2ccc3c(c2)OCCO3)C1. The highest BCUT2D eigenvalue weighted by molar-refractivity contribution is 9.10. The second kappa shape index (κ2) is 8.35. The van der Waals surface area contributed by atoms with Gasteiger partial charge in [-0.05, 0) is 30.3 Å². The van der Waals surface area contributed by atoms with Crippen LogP contribution in [0, 0.1) is 5.92 Å². The Morgan fingerprint density at radius 3 is 2.67 bits per heavy atom. The first-order valence-electron chi connectivity index (χ1n) is 9.35. The van der Waals surface area contributed by atoms with Gasteiger partial charge in [-0.1, -0.05) is 15.9 Å². The lowest BCUT2D eigenvalue weighted by Gasteiger charge is -2.22. The van der Waals surface area contributed by atoms with Crippen LogP contribution in [-0.2, 0) is 14.3 Å². The molecule has 2 amide bonds. The molecule has 0 aliphatic carbocycles. The third-order valence-electron chi connectivity index (χ3n) is 4.98. The van der Waals surface area contributed by atoms with Crippen LogP contribution in [0.15, 0.2) is 40.9 Å². The van der Waals surface area contributed by atoms with Crippen LogP contribution in [0.2, 0.25) is 0 Å². The summed E-state index contributed by atoms with van der Waals surface area (Å²) in [7, 11) is 1.27. The van der Waals surface area contributed by atoms with E-state index in [2.05, 4.69) is 21.2 Å². The summed E-state index contributed by atoms with van der Waals surface area (Å²) in [6.45, 7) is 1.17. The Hall–Kier alpha value is -3.07. The summed E-state index contributed by atoms with van der Waals surface area (Å²) < 4.78 is 16.5. The molecule has 2 heterocycles. The molecule has 0 aromatic heterocycles. The molecule has 4 rings (SSSR count). The van der Waals surface area contributed by atoms with Gasteiger partial charge in [-0.2, -0.15) is 0 Å². The van der Waals surface area contributed by atoms with E-state index in [1.165, 1.54) is 7.11 Å². The van der Waals surface area contributed by atoms with Crippen LogP contribution in [0.25, 0.3) is 0 Å². The Kier molecular flexibility index (Phi) is 5.63. The zero-order valence-corrected chi connectivity index (χ0v) is 17.7. The molecule has 1 atom stereocenters. The van der Waals surface area contributed by atoms with Crippen LogP contribution in [0.1, 0.15) is 16.8 Å². The highest BCUT2D eigenvalue weighted by atomic mass is 79.9. The van der Waals surface area contributed by atoms with Crippen molar-refractivity contribution < 1.29 is 28.6 Å². The second-order valence-corrected chi connectivity index (χ2v) is 7.82. The van der Waals surface area contributed by atoms with Gasteiger partial charge in [0.25, 0.3) is 0 Å². The average molecular weight is 475 g/mol. The van der Waals surface area contributed by atoms with E-state index in [4.69, 9.17) is 14.2 Å². The number of fused-ring (bicyclic) bond motifs is 1. The van der Waals surface area contributed by atoms with Crippen molar-refractivity contribution in [1.82, 2.24) is 0 Å². The Bertz CT molecular complexity index is 1020. The Morgan fingerprint density at radius 2 is 1.90 bits per heavy atom. The van der Waals surface area contributed by atoms with E-state index in [0.29, 0.717) is 40.6 Å². The fourth-order valence-corrected chi connectivity index (χ4v) is 3.83. The number of anilines is 2. The van der Waals surface area contributed by atoms with Gasteiger partial charge in [0.05, 0.1) is 24.3 Å². The second-order valence-electron chi connectivity index (χ2n) is 6.90. The van der Waals surface area contributed by atoms with Gasteiger partial charge in [0.2, 0.25) is 11.8 Å². The van der Waals surface area contributed by atoms with E-state index >= 15 is 0 Å². The van der Waals surface area contributed by atoms with Gasteiger partial charge in [-0.15, -0.1) is 0 Å². The lowest BCUT2D eigenvalue weighted by molar-refractivity contribution is -0.122. The van der Waals surface area contributed by atoms with Crippen LogP contribution in [0.3, 0.4) is 0 Å². The lowest BCUT2D eigenvalue weighted by atomic mass is 10.1. The standard InChI is InChI=1S/C21H19BrN2O6/c1-28-21(27)15-9-13(22)2-4-16(15)23-20(26)12-8-19(25)24(11-12)14-3-5-17-18(10-14)30-7-6-29-17/h2-5,9-10,12H,6-8,11H2,1H3,(H,23,26)/t12-/m1/s1. The zero-order valence-electron chi connectivity index (χ0n) is 16.1.